The van der Waals surface area contributed by atoms with Crippen molar-refractivity contribution in [1.29, 1.82) is 0 Å². The van der Waals surface area contributed by atoms with Crippen LogP contribution in [-0.4, -0.2) is 51.6 Å². The van der Waals surface area contributed by atoms with Crippen LogP contribution in [0.25, 0.3) is 22.3 Å². The number of ether oxygens (including phenoxy) is 1. The van der Waals surface area contributed by atoms with Crippen LogP contribution in [0.4, 0.5) is 4.39 Å². The summed E-state index contributed by atoms with van der Waals surface area (Å²) in [6.45, 7) is 7.04. The highest BCUT2D eigenvalue weighted by Gasteiger charge is 2.35. The first-order valence-corrected chi connectivity index (χ1v) is 15.1. The van der Waals surface area contributed by atoms with Crippen molar-refractivity contribution in [3.63, 3.8) is 0 Å². The molecule has 1 amide bonds. The van der Waals surface area contributed by atoms with Gasteiger partial charge in [-0.05, 0) is 56.0 Å². The maximum atomic E-state index is 14.5. The van der Waals surface area contributed by atoms with Gasteiger partial charge in [-0.1, -0.05) is 13.8 Å². The van der Waals surface area contributed by atoms with Gasteiger partial charge in [0.25, 0.3) is 5.56 Å². The predicted molar refractivity (Wildman–Crippen MR) is 158 cm³/mol. The number of esters is 1. The Bertz CT molecular complexity index is 1550. The number of hydrogen-bond donors (Lipinski definition) is 3. The summed E-state index contributed by atoms with van der Waals surface area (Å²) in [6, 6.07) is 3.13. The Balaban J connectivity index is 0.000000277. The highest BCUT2D eigenvalue weighted by Crippen LogP contribution is 2.41. The number of primary amides is 1. The molecule has 2 aromatic heterocycles. The molecule has 4 heterocycles. The molecular formula is C30H37FN4O5S. The van der Waals surface area contributed by atoms with E-state index in [1.54, 1.807) is 29.3 Å². The van der Waals surface area contributed by atoms with Crippen LogP contribution < -0.4 is 16.6 Å². The molecule has 1 atom stereocenters. The summed E-state index contributed by atoms with van der Waals surface area (Å²) in [7, 11) is 1.91. The third kappa shape index (κ3) is 5.89. The van der Waals surface area contributed by atoms with Gasteiger partial charge in [0, 0.05) is 47.1 Å². The highest BCUT2D eigenvalue weighted by atomic mass is 32.2. The van der Waals surface area contributed by atoms with Crippen molar-refractivity contribution in [3.05, 3.63) is 61.7 Å². The molecule has 0 fully saturated rings. The number of cyclic esters (lactones) is 1. The van der Waals surface area contributed by atoms with Crippen LogP contribution in [0.1, 0.15) is 66.2 Å². The standard InChI is InChI=1S/C22H17FN2O4.C6H14N2OS.C2H6/c1-9-10-3-2-4-11-13-7-25-17(19(13)24-16(18(10)11)6-15(9)23)5-12-14(21(25)27)8-29-22(28)20(12)26;1-8-3-5-10-4-2-6(7)9;1-2/h5-6,20,26H,2-4,7-8H2,1H3;8H,2-5H2,1H3,(H2,7,9);1-2H3. The third-order valence-corrected chi connectivity index (χ3v) is 8.52. The van der Waals surface area contributed by atoms with Gasteiger partial charge in [-0.25, -0.2) is 14.2 Å². The van der Waals surface area contributed by atoms with Gasteiger partial charge < -0.3 is 25.5 Å². The number of carbonyl (C=O) groups excluding carboxylic acids is 2. The molecule has 9 nitrogen and oxygen atoms in total. The van der Waals surface area contributed by atoms with E-state index in [0.29, 0.717) is 41.0 Å². The maximum Gasteiger partial charge on any atom is 0.340 e. The summed E-state index contributed by atoms with van der Waals surface area (Å²) >= 11 is 1.74. The zero-order valence-electron chi connectivity index (χ0n) is 23.9. The number of thioether (sulfide) groups is 1. The normalized spacial score (nSPS) is 16.0. The summed E-state index contributed by atoms with van der Waals surface area (Å²) < 4.78 is 21.1. The number of nitrogens with zero attached hydrogens (tertiary/aromatic N) is 2. The Labute approximate surface area is 242 Å². The molecule has 3 aromatic rings. The summed E-state index contributed by atoms with van der Waals surface area (Å²) in [5.41, 5.74) is 10.8. The molecule has 41 heavy (non-hydrogen) atoms. The van der Waals surface area contributed by atoms with Crippen LogP contribution in [-0.2, 0) is 40.3 Å². The van der Waals surface area contributed by atoms with Gasteiger partial charge in [-0.15, -0.1) is 0 Å². The van der Waals surface area contributed by atoms with E-state index < -0.39 is 12.1 Å². The Hall–Kier alpha value is -3.28. The average Bonchev–Trinajstić information content (AvgIpc) is 3.34. The summed E-state index contributed by atoms with van der Waals surface area (Å²) in [4.78, 5) is 39.8. The number of rotatable bonds is 6. The molecule has 2 aliphatic heterocycles. The van der Waals surface area contributed by atoms with Crippen LogP contribution >= 0.6 is 11.8 Å². The number of benzene rings is 1. The van der Waals surface area contributed by atoms with Gasteiger partial charge in [0.15, 0.2) is 6.10 Å². The predicted octanol–water partition coefficient (Wildman–Crippen LogP) is 3.29. The molecule has 0 saturated carbocycles. The van der Waals surface area contributed by atoms with Gasteiger partial charge in [-0.3, -0.25) is 9.59 Å². The van der Waals surface area contributed by atoms with E-state index in [0.717, 1.165) is 59.4 Å². The number of pyridine rings is 2. The lowest BCUT2D eigenvalue weighted by Gasteiger charge is -2.22. The van der Waals surface area contributed by atoms with E-state index in [-0.39, 0.29) is 29.5 Å². The fraction of sp³-hybridized carbons (Fsp3) is 0.467. The lowest BCUT2D eigenvalue weighted by Crippen LogP contribution is -2.32. The van der Waals surface area contributed by atoms with Crippen molar-refractivity contribution in [3.8, 4) is 11.4 Å². The second-order valence-electron chi connectivity index (χ2n) is 9.92. The van der Waals surface area contributed by atoms with E-state index in [1.165, 1.54) is 6.07 Å². The molecular weight excluding hydrogens is 547 g/mol. The molecule has 1 aliphatic carbocycles. The van der Waals surface area contributed by atoms with E-state index in [9.17, 15) is 23.9 Å². The van der Waals surface area contributed by atoms with Crippen molar-refractivity contribution in [2.24, 2.45) is 5.73 Å². The zero-order chi connectivity index (χ0) is 29.8. The second-order valence-corrected chi connectivity index (χ2v) is 11.1. The smallest absolute Gasteiger partial charge is 0.340 e. The lowest BCUT2D eigenvalue weighted by molar-refractivity contribution is -0.157. The number of aliphatic hydroxyl groups is 1. The first kappa shape index (κ1) is 30.7. The number of nitrogens with two attached hydrogens (primary N) is 1. The number of fused-ring (bicyclic) bond motifs is 5. The maximum absolute atomic E-state index is 14.5. The molecule has 0 spiro atoms. The topological polar surface area (TPSA) is 137 Å². The van der Waals surface area contributed by atoms with E-state index in [1.807, 2.05) is 20.9 Å². The second kappa shape index (κ2) is 13.1. The molecule has 1 unspecified atom stereocenters. The molecule has 1 aromatic carbocycles. The molecule has 11 heteroatoms. The summed E-state index contributed by atoms with van der Waals surface area (Å²) in [6.07, 6.45) is 1.61. The minimum atomic E-state index is -1.48. The number of halogens is 1. The van der Waals surface area contributed by atoms with Crippen molar-refractivity contribution in [2.75, 3.05) is 25.1 Å². The number of nitrogens with one attached hydrogen (secondary N) is 1. The molecule has 0 radical (unpaired) electrons. The third-order valence-electron chi connectivity index (χ3n) is 7.53. The first-order chi connectivity index (χ1) is 19.7. The van der Waals surface area contributed by atoms with Crippen molar-refractivity contribution < 1.29 is 23.8 Å². The van der Waals surface area contributed by atoms with Crippen molar-refractivity contribution in [2.45, 2.75) is 65.7 Å². The molecule has 6 rings (SSSR count). The number of aryl methyl sites for hydroxylation is 2. The minimum absolute atomic E-state index is 0.141. The number of carbonyl (C=O) groups is 2. The Morgan fingerprint density at radius 1 is 1.20 bits per heavy atom. The van der Waals surface area contributed by atoms with Crippen LogP contribution in [0.15, 0.2) is 16.9 Å². The van der Waals surface area contributed by atoms with Crippen LogP contribution in [0.5, 0.6) is 0 Å². The monoisotopic (exact) mass is 584 g/mol. The largest absolute Gasteiger partial charge is 0.458 e. The SMILES string of the molecule is CC.CNCCSCCC(N)=O.Cc1c(F)cc2nc3c(c4c2c1CCC4)Cn1c-3cc2c(c1=O)COC(=O)C2O. The van der Waals surface area contributed by atoms with Crippen molar-refractivity contribution >= 4 is 34.5 Å². The average molecular weight is 585 g/mol. The van der Waals surface area contributed by atoms with Crippen molar-refractivity contribution in [1.82, 2.24) is 14.9 Å². The van der Waals surface area contributed by atoms with E-state index >= 15 is 0 Å². The highest BCUT2D eigenvalue weighted by molar-refractivity contribution is 7.99. The zero-order valence-corrected chi connectivity index (χ0v) is 24.8. The Kier molecular flexibility index (Phi) is 9.83. The number of hydrogen-bond acceptors (Lipinski definition) is 8. The molecule has 3 aliphatic rings. The van der Waals surface area contributed by atoms with E-state index in [4.69, 9.17) is 15.5 Å². The van der Waals surface area contributed by atoms with Gasteiger partial charge >= 0.3 is 5.97 Å². The van der Waals surface area contributed by atoms with Gasteiger partial charge in [0.2, 0.25) is 5.91 Å². The quantitative estimate of drug-likeness (QED) is 0.232. The molecule has 0 saturated heterocycles. The number of aliphatic hydroxyl groups excluding tert-OH is 1. The summed E-state index contributed by atoms with van der Waals surface area (Å²) in [5.74, 6) is 0.647. The summed E-state index contributed by atoms with van der Waals surface area (Å²) in [5, 5.41) is 14.3. The minimum Gasteiger partial charge on any atom is -0.458 e. The van der Waals surface area contributed by atoms with Crippen LogP contribution in [0, 0.1) is 12.7 Å². The van der Waals surface area contributed by atoms with Gasteiger partial charge in [0.05, 0.1) is 29.0 Å². The molecule has 4 N–H and O–H groups in total. The molecule has 0 bridgehead atoms. The Morgan fingerprint density at radius 2 is 1.93 bits per heavy atom. The number of amides is 1. The van der Waals surface area contributed by atoms with Crippen LogP contribution in [0.2, 0.25) is 0 Å². The van der Waals surface area contributed by atoms with E-state index in [2.05, 4.69) is 5.32 Å². The molecule has 220 valence electrons. The van der Waals surface area contributed by atoms with Gasteiger partial charge in [-0.2, -0.15) is 11.8 Å². The Morgan fingerprint density at radius 3 is 2.63 bits per heavy atom. The fourth-order valence-corrected chi connectivity index (χ4v) is 6.41. The first-order valence-electron chi connectivity index (χ1n) is 14.0. The fourth-order valence-electron chi connectivity index (χ4n) is 5.51. The number of aromatic nitrogens is 2. The van der Waals surface area contributed by atoms with Gasteiger partial charge in [0.1, 0.15) is 12.4 Å². The van der Waals surface area contributed by atoms with Crippen LogP contribution in [0.3, 0.4) is 0 Å². The lowest BCUT2D eigenvalue weighted by atomic mass is 9.85.